The standard InChI is InChI=1S/C20H22N2O5/c1-14(19(24)15-8-10-17(26-2)11-9-15)27-18(23)12-13-21-20(25)22-16-6-4-3-5-7-16/h3-11,14H,12-13H2,1-2H3,(H2,21,22,25)/t14-/m0/s1. The first-order valence-electron chi connectivity index (χ1n) is 8.47. The summed E-state index contributed by atoms with van der Waals surface area (Å²) in [6, 6.07) is 15.1. The van der Waals surface area contributed by atoms with Crippen molar-refractivity contribution in [1.29, 1.82) is 0 Å². The van der Waals surface area contributed by atoms with Crippen LogP contribution in [-0.4, -0.2) is 37.5 Å². The van der Waals surface area contributed by atoms with Gasteiger partial charge < -0.3 is 20.1 Å². The molecule has 0 spiro atoms. The normalized spacial score (nSPS) is 11.2. The van der Waals surface area contributed by atoms with Gasteiger partial charge in [0.15, 0.2) is 6.10 Å². The predicted octanol–water partition coefficient (Wildman–Crippen LogP) is 3.02. The minimum Gasteiger partial charge on any atom is -0.497 e. The van der Waals surface area contributed by atoms with Gasteiger partial charge in [0.1, 0.15) is 5.75 Å². The summed E-state index contributed by atoms with van der Waals surface area (Å²) in [5.74, 6) is -0.235. The summed E-state index contributed by atoms with van der Waals surface area (Å²) in [6.45, 7) is 1.61. The molecule has 2 N–H and O–H groups in total. The van der Waals surface area contributed by atoms with E-state index in [9.17, 15) is 14.4 Å². The highest BCUT2D eigenvalue weighted by atomic mass is 16.5. The van der Waals surface area contributed by atoms with Crippen LogP contribution in [0.1, 0.15) is 23.7 Å². The van der Waals surface area contributed by atoms with Crippen LogP contribution >= 0.6 is 0 Å². The van der Waals surface area contributed by atoms with Crippen LogP contribution in [0.25, 0.3) is 0 Å². The highest BCUT2D eigenvalue weighted by molar-refractivity contribution is 6.00. The number of hydrogen-bond acceptors (Lipinski definition) is 5. The Hall–Kier alpha value is -3.35. The maximum absolute atomic E-state index is 12.3. The zero-order chi connectivity index (χ0) is 19.6. The number of hydrogen-bond donors (Lipinski definition) is 2. The molecule has 142 valence electrons. The molecule has 7 nitrogen and oxygen atoms in total. The molecule has 2 aromatic rings. The third-order valence-electron chi connectivity index (χ3n) is 3.70. The van der Waals surface area contributed by atoms with Crippen LogP contribution < -0.4 is 15.4 Å². The van der Waals surface area contributed by atoms with E-state index in [1.54, 1.807) is 48.5 Å². The zero-order valence-electron chi connectivity index (χ0n) is 15.2. The molecular weight excluding hydrogens is 348 g/mol. The Kier molecular flexibility index (Phi) is 7.37. The van der Waals surface area contributed by atoms with Crippen LogP contribution in [0.2, 0.25) is 0 Å². The Morgan fingerprint density at radius 3 is 2.30 bits per heavy atom. The van der Waals surface area contributed by atoms with Crippen LogP contribution in [0.15, 0.2) is 54.6 Å². The number of nitrogens with one attached hydrogen (secondary N) is 2. The fourth-order valence-electron chi connectivity index (χ4n) is 2.27. The number of benzene rings is 2. The van der Waals surface area contributed by atoms with Gasteiger partial charge in [-0.25, -0.2) is 4.79 Å². The molecule has 0 fully saturated rings. The van der Waals surface area contributed by atoms with Crippen molar-refractivity contribution in [3.05, 3.63) is 60.2 Å². The lowest BCUT2D eigenvalue weighted by molar-refractivity contribution is -0.146. The van der Waals surface area contributed by atoms with Crippen molar-refractivity contribution >= 4 is 23.5 Å². The number of ether oxygens (including phenoxy) is 2. The van der Waals surface area contributed by atoms with Gasteiger partial charge in [0, 0.05) is 17.8 Å². The number of methoxy groups -OCH3 is 1. The van der Waals surface area contributed by atoms with Gasteiger partial charge in [-0.2, -0.15) is 0 Å². The van der Waals surface area contributed by atoms with Gasteiger partial charge >= 0.3 is 12.0 Å². The van der Waals surface area contributed by atoms with Crippen LogP contribution in [0.3, 0.4) is 0 Å². The fourth-order valence-corrected chi connectivity index (χ4v) is 2.27. The smallest absolute Gasteiger partial charge is 0.319 e. The van der Waals surface area contributed by atoms with Gasteiger partial charge in [0.25, 0.3) is 0 Å². The average Bonchev–Trinajstić information content (AvgIpc) is 2.68. The Morgan fingerprint density at radius 2 is 1.67 bits per heavy atom. The minimum atomic E-state index is -0.913. The minimum absolute atomic E-state index is 0.0392. The first-order valence-corrected chi connectivity index (χ1v) is 8.47. The second kappa shape index (κ2) is 9.96. The fraction of sp³-hybridized carbons (Fsp3) is 0.250. The summed E-state index contributed by atoms with van der Waals surface area (Å²) in [4.78, 5) is 35.9. The van der Waals surface area contributed by atoms with Crippen molar-refractivity contribution < 1.29 is 23.9 Å². The molecule has 0 unspecified atom stereocenters. The van der Waals surface area contributed by atoms with Gasteiger partial charge in [-0.15, -0.1) is 0 Å². The number of Topliss-reactive ketones (excluding diaryl/α,β-unsaturated/α-hetero) is 1. The van der Waals surface area contributed by atoms with Crippen LogP contribution in [0, 0.1) is 0 Å². The molecule has 0 heterocycles. The number of ketones is 1. The SMILES string of the molecule is COc1ccc(C(=O)[C@H](C)OC(=O)CCNC(=O)Nc2ccccc2)cc1. The summed E-state index contributed by atoms with van der Waals surface area (Å²) in [5, 5.41) is 5.20. The molecule has 0 radical (unpaired) electrons. The van der Waals surface area contributed by atoms with E-state index in [0.717, 1.165) is 0 Å². The largest absolute Gasteiger partial charge is 0.497 e. The number of carbonyl (C=O) groups excluding carboxylic acids is 3. The topological polar surface area (TPSA) is 93.7 Å². The van der Waals surface area contributed by atoms with E-state index in [1.165, 1.54) is 14.0 Å². The van der Waals surface area contributed by atoms with Gasteiger partial charge in [-0.3, -0.25) is 9.59 Å². The molecule has 2 aromatic carbocycles. The Balaban J connectivity index is 1.72. The second-order valence-electron chi connectivity index (χ2n) is 5.72. The molecule has 2 rings (SSSR count). The summed E-state index contributed by atoms with van der Waals surface area (Å²) in [7, 11) is 1.54. The molecule has 0 aromatic heterocycles. The number of anilines is 1. The van der Waals surface area contributed by atoms with E-state index in [0.29, 0.717) is 17.0 Å². The molecule has 0 aliphatic carbocycles. The molecule has 2 amide bonds. The average molecular weight is 370 g/mol. The summed E-state index contributed by atoms with van der Waals surface area (Å²) in [5.41, 5.74) is 1.08. The maximum Gasteiger partial charge on any atom is 0.319 e. The van der Waals surface area contributed by atoms with Crippen molar-refractivity contribution in [3.8, 4) is 5.75 Å². The molecule has 0 aliphatic heterocycles. The Labute approximate surface area is 157 Å². The first kappa shape index (κ1) is 20.0. The van der Waals surface area contributed by atoms with Gasteiger partial charge in [0.05, 0.1) is 13.5 Å². The number of urea groups is 1. The van der Waals surface area contributed by atoms with E-state index in [2.05, 4.69) is 10.6 Å². The van der Waals surface area contributed by atoms with Crippen LogP contribution in [-0.2, 0) is 9.53 Å². The van der Waals surface area contributed by atoms with Crippen LogP contribution in [0.5, 0.6) is 5.75 Å². The lowest BCUT2D eigenvalue weighted by Gasteiger charge is -2.13. The van der Waals surface area contributed by atoms with Crippen molar-refractivity contribution in [3.63, 3.8) is 0 Å². The maximum atomic E-state index is 12.3. The monoisotopic (exact) mass is 370 g/mol. The van der Waals surface area contributed by atoms with Crippen LogP contribution in [0.4, 0.5) is 10.5 Å². The highest BCUT2D eigenvalue weighted by Crippen LogP contribution is 2.14. The molecule has 27 heavy (non-hydrogen) atoms. The van der Waals surface area contributed by atoms with E-state index in [-0.39, 0.29) is 18.7 Å². The summed E-state index contributed by atoms with van der Waals surface area (Å²) in [6.07, 6.45) is -0.952. The van der Waals surface area contributed by atoms with Crippen molar-refractivity contribution in [2.24, 2.45) is 0 Å². The molecule has 0 aliphatic rings. The lowest BCUT2D eigenvalue weighted by atomic mass is 10.1. The quantitative estimate of drug-likeness (QED) is 0.550. The molecule has 0 bridgehead atoms. The van der Waals surface area contributed by atoms with E-state index >= 15 is 0 Å². The van der Waals surface area contributed by atoms with Gasteiger partial charge in [-0.05, 0) is 43.3 Å². The van der Waals surface area contributed by atoms with E-state index < -0.39 is 18.1 Å². The van der Waals surface area contributed by atoms with E-state index in [4.69, 9.17) is 9.47 Å². The number of para-hydroxylation sites is 1. The Morgan fingerprint density at radius 1 is 1.00 bits per heavy atom. The third-order valence-corrected chi connectivity index (χ3v) is 3.70. The van der Waals surface area contributed by atoms with Crippen molar-refractivity contribution in [2.45, 2.75) is 19.4 Å². The summed E-state index contributed by atoms with van der Waals surface area (Å²) >= 11 is 0. The number of carbonyl (C=O) groups is 3. The number of esters is 1. The molecule has 0 saturated heterocycles. The molecular formula is C20H22N2O5. The molecule has 0 saturated carbocycles. The van der Waals surface area contributed by atoms with Crippen molar-refractivity contribution in [2.75, 3.05) is 19.0 Å². The third kappa shape index (κ3) is 6.47. The molecule has 7 heteroatoms. The second-order valence-corrected chi connectivity index (χ2v) is 5.72. The highest BCUT2D eigenvalue weighted by Gasteiger charge is 2.19. The van der Waals surface area contributed by atoms with Crippen molar-refractivity contribution in [1.82, 2.24) is 5.32 Å². The number of rotatable bonds is 8. The lowest BCUT2D eigenvalue weighted by Crippen LogP contribution is -2.32. The molecule has 1 atom stereocenters. The predicted molar refractivity (Wildman–Crippen MR) is 101 cm³/mol. The van der Waals surface area contributed by atoms with E-state index in [1.807, 2.05) is 6.07 Å². The summed E-state index contributed by atoms with van der Waals surface area (Å²) < 4.78 is 10.2. The van der Waals surface area contributed by atoms with Gasteiger partial charge in [-0.1, -0.05) is 18.2 Å². The van der Waals surface area contributed by atoms with Gasteiger partial charge in [0.2, 0.25) is 5.78 Å². The number of amides is 2. The zero-order valence-corrected chi connectivity index (χ0v) is 15.2. The Bertz CT molecular complexity index is 775. The first-order chi connectivity index (χ1) is 13.0.